The maximum absolute atomic E-state index is 12.7. The number of benzene rings is 1. The molecule has 2 rings (SSSR count). The molecule has 1 aliphatic heterocycles. The monoisotopic (exact) mass is 348 g/mol. The van der Waals surface area contributed by atoms with Crippen LogP contribution >= 0.6 is 0 Å². The molecule has 1 aromatic carbocycles. The molecule has 6 nitrogen and oxygen atoms in total. The number of carbonyl (C=O) groups excluding carboxylic acids is 1. The SMILES string of the molecule is Cc1cccc(O[C@H](C)C(=O)N2CCC[C@H](N(C)CC(=O)O)CC2)c1. The first-order chi connectivity index (χ1) is 11.9. The van der Waals surface area contributed by atoms with Crippen molar-refractivity contribution < 1.29 is 19.4 Å². The van der Waals surface area contributed by atoms with Crippen molar-refractivity contribution in [2.75, 3.05) is 26.7 Å². The minimum Gasteiger partial charge on any atom is -0.481 e. The van der Waals surface area contributed by atoms with Gasteiger partial charge in [0.05, 0.1) is 6.54 Å². The summed E-state index contributed by atoms with van der Waals surface area (Å²) < 4.78 is 5.80. The number of nitrogens with zero attached hydrogens (tertiary/aromatic N) is 2. The number of carboxylic acid groups (broad SMARTS) is 1. The number of likely N-dealkylation sites (tertiary alicyclic amines) is 1. The number of carboxylic acids is 1. The molecular weight excluding hydrogens is 320 g/mol. The number of aliphatic carboxylic acids is 1. The Bertz CT molecular complexity index is 605. The molecule has 1 heterocycles. The minimum atomic E-state index is -0.820. The molecule has 1 aliphatic rings. The van der Waals surface area contributed by atoms with Crippen LogP contribution in [0.5, 0.6) is 5.75 Å². The van der Waals surface area contributed by atoms with Crippen molar-refractivity contribution in [3.05, 3.63) is 29.8 Å². The van der Waals surface area contributed by atoms with Gasteiger partial charge in [-0.3, -0.25) is 14.5 Å². The molecule has 1 aromatic rings. The second-order valence-corrected chi connectivity index (χ2v) is 6.80. The van der Waals surface area contributed by atoms with Crippen LogP contribution < -0.4 is 4.74 Å². The third-order valence-corrected chi connectivity index (χ3v) is 4.67. The Morgan fingerprint density at radius 3 is 2.80 bits per heavy atom. The highest BCUT2D eigenvalue weighted by molar-refractivity contribution is 5.81. The molecule has 1 N–H and O–H groups in total. The molecule has 0 unspecified atom stereocenters. The van der Waals surface area contributed by atoms with E-state index < -0.39 is 12.1 Å². The molecule has 25 heavy (non-hydrogen) atoms. The minimum absolute atomic E-state index is 0.0111. The smallest absolute Gasteiger partial charge is 0.317 e. The average molecular weight is 348 g/mol. The van der Waals surface area contributed by atoms with Crippen LogP contribution in [0.1, 0.15) is 31.7 Å². The van der Waals surface area contributed by atoms with Gasteiger partial charge in [0.25, 0.3) is 5.91 Å². The summed E-state index contributed by atoms with van der Waals surface area (Å²) in [6, 6.07) is 7.87. The topological polar surface area (TPSA) is 70.1 Å². The van der Waals surface area contributed by atoms with Crippen molar-refractivity contribution in [3.63, 3.8) is 0 Å². The average Bonchev–Trinajstić information content (AvgIpc) is 2.79. The van der Waals surface area contributed by atoms with Crippen molar-refractivity contribution in [2.24, 2.45) is 0 Å². The lowest BCUT2D eigenvalue weighted by molar-refractivity contribution is -0.139. The molecule has 1 saturated heterocycles. The number of rotatable bonds is 6. The van der Waals surface area contributed by atoms with E-state index in [1.165, 1.54) is 0 Å². The number of carbonyl (C=O) groups is 2. The highest BCUT2D eigenvalue weighted by Gasteiger charge is 2.27. The zero-order chi connectivity index (χ0) is 18.4. The Kier molecular flexibility index (Phi) is 6.82. The largest absolute Gasteiger partial charge is 0.481 e. The van der Waals surface area contributed by atoms with Crippen LogP contribution in [0.2, 0.25) is 0 Å². The standard InChI is InChI=1S/C19H28N2O4/c1-14-6-4-8-17(12-14)25-15(2)19(24)21-10-5-7-16(9-11-21)20(3)13-18(22)23/h4,6,8,12,15-16H,5,7,9-11,13H2,1-3H3,(H,22,23)/t15-,16+/m1/s1. The maximum atomic E-state index is 12.7. The van der Waals surface area contributed by atoms with Crippen molar-refractivity contribution >= 4 is 11.9 Å². The number of hydrogen-bond donors (Lipinski definition) is 1. The molecule has 0 aromatic heterocycles. The predicted octanol–water partition coefficient (Wildman–Crippen LogP) is 2.16. The van der Waals surface area contributed by atoms with Gasteiger partial charge in [-0.05, 0) is 57.9 Å². The molecule has 0 radical (unpaired) electrons. The summed E-state index contributed by atoms with van der Waals surface area (Å²) in [5.74, 6) is -0.127. The molecule has 0 spiro atoms. The Labute approximate surface area is 149 Å². The molecule has 0 saturated carbocycles. The van der Waals surface area contributed by atoms with E-state index in [1.807, 2.05) is 48.0 Å². The lowest BCUT2D eigenvalue weighted by atomic mass is 10.1. The van der Waals surface area contributed by atoms with Gasteiger partial charge in [-0.2, -0.15) is 0 Å². The first-order valence-corrected chi connectivity index (χ1v) is 8.81. The van der Waals surface area contributed by atoms with Crippen LogP contribution in [0.15, 0.2) is 24.3 Å². The van der Waals surface area contributed by atoms with Crippen LogP contribution in [0, 0.1) is 6.92 Å². The molecule has 2 atom stereocenters. The van der Waals surface area contributed by atoms with Crippen molar-refractivity contribution in [1.29, 1.82) is 0 Å². The molecule has 6 heteroatoms. The van der Waals surface area contributed by atoms with Crippen LogP contribution in [0.25, 0.3) is 0 Å². The van der Waals surface area contributed by atoms with E-state index >= 15 is 0 Å². The first-order valence-electron chi connectivity index (χ1n) is 8.81. The van der Waals surface area contributed by atoms with E-state index in [4.69, 9.17) is 9.84 Å². The molecule has 138 valence electrons. The number of hydrogen-bond acceptors (Lipinski definition) is 4. The first kappa shape index (κ1) is 19.2. The van der Waals surface area contributed by atoms with Gasteiger partial charge in [-0.25, -0.2) is 0 Å². The Morgan fingerprint density at radius 1 is 1.36 bits per heavy atom. The third-order valence-electron chi connectivity index (χ3n) is 4.67. The zero-order valence-corrected chi connectivity index (χ0v) is 15.3. The van der Waals surface area contributed by atoms with Crippen molar-refractivity contribution in [1.82, 2.24) is 9.80 Å². The third kappa shape index (κ3) is 5.74. The van der Waals surface area contributed by atoms with Crippen LogP contribution in [0.3, 0.4) is 0 Å². The fraction of sp³-hybridized carbons (Fsp3) is 0.579. The van der Waals surface area contributed by atoms with Crippen LogP contribution in [-0.2, 0) is 9.59 Å². The summed E-state index contributed by atoms with van der Waals surface area (Å²) in [7, 11) is 1.83. The highest BCUT2D eigenvalue weighted by Crippen LogP contribution is 2.19. The summed E-state index contributed by atoms with van der Waals surface area (Å²) in [6.45, 7) is 5.13. The Hall–Kier alpha value is -2.08. The van der Waals surface area contributed by atoms with Gasteiger partial charge in [0.1, 0.15) is 5.75 Å². The molecule has 1 amide bonds. The molecular formula is C19H28N2O4. The number of amides is 1. The summed E-state index contributed by atoms with van der Waals surface area (Å²) in [5.41, 5.74) is 1.09. The molecule has 1 fully saturated rings. The van der Waals surface area contributed by atoms with E-state index in [2.05, 4.69) is 0 Å². The quantitative estimate of drug-likeness (QED) is 0.853. The van der Waals surface area contributed by atoms with Gasteiger partial charge >= 0.3 is 5.97 Å². The fourth-order valence-electron chi connectivity index (χ4n) is 3.28. The van der Waals surface area contributed by atoms with Gasteiger partial charge < -0.3 is 14.7 Å². The number of ether oxygens (including phenoxy) is 1. The summed E-state index contributed by atoms with van der Waals surface area (Å²) >= 11 is 0. The number of aryl methyl sites for hydroxylation is 1. The van der Waals surface area contributed by atoms with E-state index in [-0.39, 0.29) is 18.5 Å². The second kappa shape index (κ2) is 8.85. The molecule has 0 aliphatic carbocycles. The predicted molar refractivity (Wildman–Crippen MR) is 95.8 cm³/mol. The summed E-state index contributed by atoms with van der Waals surface area (Å²) in [5, 5.41) is 8.93. The highest BCUT2D eigenvalue weighted by atomic mass is 16.5. The van der Waals surface area contributed by atoms with Gasteiger partial charge in [-0.15, -0.1) is 0 Å². The Morgan fingerprint density at radius 2 is 2.12 bits per heavy atom. The molecule has 0 bridgehead atoms. The maximum Gasteiger partial charge on any atom is 0.317 e. The van der Waals surface area contributed by atoms with E-state index in [9.17, 15) is 9.59 Å². The van der Waals surface area contributed by atoms with Gasteiger partial charge in [0.15, 0.2) is 6.10 Å². The summed E-state index contributed by atoms with van der Waals surface area (Å²) in [6.07, 6.45) is 2.03. The normalized spacial score (nSPS) is 19.4. The van der Waals surface area contributed by atoms with Gasteiger partial charge in [-0.1, -0.05) is 12.1 Å². The van der Waals surface area contributed by atoms with E-state index in [1.54, 1.807) is 6.92 Å². The lowest BCUT2D eigenvalue weighted by Crippen LogP contribution is -2.42. The van der Waals surface area contributed by atoms with Crippen LogP contribution in [0.4, 0.5) is 0 Å². The van der Waals surface area contributed by atoms with Crippen molar-refractivity contribution in [3.8, 4) is 5.75 Å². The van der Waals surface area contributed by atoms with Crippen molar-refractivity contribution in [2.45, 2.75) is 45.3 Å². The van der Waals surface area contributed by atoms with E-state index in [0.29, 0.717) is 18.8 Å². The zero-order valence-electron chi connectivity index (χ0n) is 15.3. The second-order valence-electron chi connectivity index (χ2n) is 6.80. The Balaban J connectivity index is 1.90. The van der Waals surface area contributed by atoms with Gasteiger partial charge in [0, 0.05) is 19.1 Å². The van der Waals surface area contributed by atoms with E-state index in [0.717, 1.165) is 24.8 Å². The van der Waals surface area contributed by atoms with Crippen LogP contribution in [-0.4, -0.2) is 65.6 Å². The lowest BCUT2D eigenvalue weighted by Gasteiger charge is -2.26. The number of likely N-dealkylation sites (N-methyl/N-ethyl adjacent to an activating group) is 1. The van der Waals surface area contributed by atoms with Gasteiger partial charge in [0.2, 0.25) is 0 Å². The fourth-order valence-corrected chi connectivity index (χ4v) is 3.28. The summed E-state index contributed by atoms with van der Waals surface area (Å²) in [4.78, 5) is 27.3.